The lowest BCUT2D eigenvalue weighted by Crippen LogP contribution is -2.43. The van der Waals surface area contributed by atoms with Gasteiger partial charge in [-0.05, 0) is 18.6 Å². The third kappa shape index (κ3) is 4.57. The molecule has 1 aliphatic rings. The van der Waals surface area contributed by atoms with E-state index in [1.165, 1.54) is 0 Å². The largest absolute Gasteiger partial charge is 0.497 e. The first-order valence-electron chi connectivity index (χ1n) is 7.58. The number of ether oxygens (including phenoxy) is 2. The maximum Gasteiger partial charge on any atom is 0.223 e. The maximum absolute atomic E-state index is 11.9. The molecule has 0 saturated heterocycles. The number of carbonyl (C=O) groups excluding carboxylic acids is 1. The molecule has 0 spiro atoms. The Morgan fingerprint density at radius 2 is 2.04 bits per heavy atom. The van der Waals surface area contributed by atoms with Gasteiger partial charge in [0.15, 0.2) is 0 Å². The molecule has 1 aromatic carbocycles. The van der Waals surface area contributed by atoms with Gasteiger partial charge in [-0.3, -0.25) is 4.79 Å². The van der Waals surface area contributed by atoms with E-state index in [0.29, 0.717) is 17.9 Å². The average molecular weight is 325 g/mol. The van der Waals surface area contributed by atoms with Crippen molar-refractivity contribution in [2.45, 2.75) is 31.1 Å². The SMILES string of the molecule is COc1cccc(OCCC(=O)N[C@@H]2C[C@H](CO)[C@@H](O)[C@H]2O)c1. The third-order valence-electron chi connectivity index (χ3n) is 4.02. The van der Waals surface area contributed by atoms with Crippen LogP contribution in [0.15, 0.2) is 24.3 Å². The van der Waals surface area contributed by atoms with Crippen molar-refractivity contribution in [1.29, 1.82) is 0 Å². The lowest BCUT2D eigenvalue weighted by molar-refractivity contribution is -0.123. The lowest BCUT2D eigenvalue weighted by atomic mass is 10.1. The molecule has 4 N–H and O–H groups in total. The number of hydrogen-bond donors (Lipinski definition) is 4. The number of aliphatic hydroxyl groups excluding tert-OH is 3. The van der Waals surface area contributed by atoms with Crippen molar-refractivity contribution in [1.82, 2.24) is 5.32 Å². The fourth-order valence-corrected chi connectivity index (χ4v) is 2.68. The minimum absolute atomic E-state index is 0.125. The van der Waals surface area contributed by atoms with E-state index < -0.39 is 24.2 Å². The van der Waals surface area contributed by atoms with Crippen molar-refractivity contribution >= 4 is 5.91 Å². The minimum atomic E-state index is -1.06. The number of methoxy groups -OCH3 is 1. The van der Waals surface area contributed by atoms with Crippen LogP contribution in [0.4, 0.5) is 0 Å². The first-order valence-corrected chi connectivity index (χ1v) is 7.58. The summed E-state index contributed by atoms with van der Waals surface area (Å²) in [7, 11) is 1.56. The van der Waals surface area contributed by atoms with Crippen LogP contribution < -0.4 is 14.8 Å². The Labute approximate surface area is 134 Å². The maximum atomic E-state index is 11.9. The number of amides is 1. The molecular weight excluding hydrogens is 302 g/mol. The second kappa shape index (κ2) is 8.14. The standard InChI is InChI=1S/C16H23NO6/c1-22-11-3-2-4-12(8-11)23-6-5-14(19)17-13-7-10(9-18)15(20)16(13)21/h2-4,8,10,13,15-16,18,20-21H,5-7,9H2,1H3,(H,17,19)/t10-,13-,15-,16+/m1/s1. The normalized spacial score (nSPS) is 26.8. The first kappa shape index (κ1) is 17.5. The van der Waals surface area contributed by atoms with E-state index in [1.807, 2.05) is 0 Å². The van der Waals surface area contributed by atoms with Crippen LogP contribution in [-0.2, 0) is 4.79 Å². The number of aliphatic hydroxyl groups is 3. The minimum Gasteiger partial charge on any atom is -0.497 e. The molecule has 1 saturated carbocycles. The van der Waals surface area contributed by atoms with Crippen LogP contribution >= 0.6 is 0 Å². The van der Waals surface area contributed by atoms with Crippen LogP contribution in [-0.4, -0.2) is 59.8 Å². The number of hydrogen-bond acceptors (Lipinski definition) is 6. The molecule has 1 fully saturated rings. The van der Waals surface area contributed by atoms with Crippen molar-refractivity contribution in [3.05, 3.63) is 24.3 Å². The van der Waals surface area contributed by atoms with Crippen LogP contribution in [0.1, 0.15) is 12.8 Å². The highest BCUT2D eigenvalue weighted by Crippen LogP contribution is 2.26. The highest BCUT2D eigenvalue weighted by atomic mass is 16.5. The third-order valence-corrected chi connectivity index (χ3v) is 4.02. The van der Waals surface area contributed by atoms with Crippen molar-refractivity contribution < 1.29 is 29.6 Å². The quantitative estimate of drug-likeness (QED) is 0.547. The molecule has 4 atom stereocenters. The first-order chi connectivity index (χ1) is 11.0. The van der Waals surface area contributed by atoms with Gasteiger partial charge < -0.3 is 30.1 Å². The molecule has 0 heterocycles. The van der Waals surface area contributed by atoms with Crippen LogP contribution in [0, 0.1) is 5.92 Å². The summed E-state index contributed by atoms with van der Waals surface area (Å²) in [4.78, 5) is 11.9. The van der Waals surface area contributed by atoms with Gasteiger partial charge in [-0.2, -0.15) is 0 Å². The summed E-state index contributed by atoms with van der Waals surface area (Å²) < 4.78 is 10.6. The molecule has 7 heteroatoms. The van der Waals surface area contributed by atoms with Crippen molar-refractivity contribution in [2.24, 2.45) is 5.92 Å². The molecule has 128 valence electrons. The predicted octanol–water partition coefficient (Wildman–Crippen LogP) is -0.317. The topological polar surface area (TPSA) is 108 Å². The molecule has 1 aliphatic carbocycles. The van der Waals surface area contributed by atoms with Gasteiger partial charge in [0.25, 0.3) is 0 Å². The van der Waals surface area contributed by atoms with Crippen LogP contribution in [0.5, 0.6) is 11.5 Å². The van der Waals surface area contributed by atoms with E-state index in [9.17, 15) is 15.0 Å². The Kier molecular flexibility index (Phi) is 6.20. The Hall–Kier alpha value is -1.83. The summed E-state index contributed by atoms with van der Waals surface area (Å²) in [6, 6.07) is 6.53. The van der Waals surface area contributed by atoms with Gasteiger partial charge in [0, 0.05) is 18.6 Å². The van der Waals surface area contributed by atoms with Crippen LogP contribution in [0.3, 0.4) is 0 Å². The van der Waals surface area contributed by atoms with Gasteiger partial charge in [-0.25, -0.2) is 0 Å². The number of nitrogens with one attached hydrogen (secondary N) is 1. The number of benzene rings is 1. The van der Waals surface area contributed by atoms with Crippen LogP contribution in [0.2, 0.25) is 0 Å². The Bertz CT molecular complexity index is 523. The lowest BCUT2D eigenvalue weighted by Gasteiger charge is -2.18. The summed E-state index contributed by atoms with van der Waals surface area (Å²) in [5, 5.41) is 31.3. The van der Waals surface area contributed by atoms with Gasteiger partial charge in [0.2, 0.25) is 5.91 Å². The highest BCUT2D eigenvalue weighted by molar-refractivity contribution is 5.76. The number of rotatable bonds is 7. The predicted molar refractivity (Wildman–Crippen MR) is 82.2 cm³/mol. The summed E-state index contributed by atoms with van der Waals surface area (Å²) in [5.41, 5.74) is 0. The van der Waals surface area contributed by atoms with Crippen molar-refractivity contribution in [2.75, 3.05) is 20.3 Å². The van der Waals surface area contributed by atoms with Crippen LogP contribution in [0.25, 0.3) is 0 Å². The summed E-state index contributed by atoms with van der Waals surface area (Å²) in [5.74, 6) is 0.588. The van der Waals surface area contributed by atoms with E-state index in [1.54, 1.807) is 31.4 Å². The van der Waals surface area contributed by atoms with E-state index in [4.69, 9.17) is 14.6 Å². The molecule has 7 nitrogen and oxygen atoms in total. The Morgan fingerprint density at radius 3 is 2.70 bits per heavy atom. The molecule has 0 bridgehead atoms. The van der Waals surface area contributed by atoms with Crippen molar-refractivity contribution in [3.63, 3.8) is 0 Å². The summed E-state index contributed by atoms with van der Waals surface area (Å²) in [6.07, 6.45) is -1.60. The second-order valence-corrected chi connectivity index (χ2v) is 5.61. The van der Waals surface area contributed by atoms with Gasteiger partial charge >= 0.3 is 0 Å². The Morgan fingerprint density at radius 1 is 1.30 bits per heavy atom. The molecule has 1 aromatic rings. The van der Waals surface area contributed by atoms with E-state index in [0.717, 1.165) is 0 Å². The zero-order valence-electron chi connectivity index (χ0n) is 13.0. The molecule has 2 rings (SSSR count). The van der Waals surface area contributed by atoms with E-state index in [2.05, 4.69) is 5.32 Å². The Balaban J connectivity index is 1.75. The molecular formula is C16H23NO6. The number of carbonyl (C=O) groups is 1. The van der Waals surface area contributed by atoms with E-state index in [-0.39, 0.29) is 25.5 Å². The zero-order valence-corrected chi connectivity index (χ0v) is 13.0. The molecule has 0 radical (unpaired) electrons. The second-order valence-electron chi connectivity index (χ2n) is 5.61. The zero-order chi connectivity index (χ0) is 16.8. The molecule has 1 amide bonds. The average Bonchev–Trinajstić information content (AvgIpc) is 2.83. The van der Waals surface area contributed by atoms with Gasteiger partial charge in [0.05, 0.1) is 32.3 Å². The van der Waals surface area contributed by atoms with Crippen molar-refractivity contribution in [3.8, 4) is 11.5 Å². The molecule has 0 aromatic heterocycles. The van der Waals surface area contributed by atoms with Gasteiger partial charge in [-0.1, -0.05) is 6.07 Å². The highest BCUT2D eigenvalue weighted by Gasteiger charge is 2.41. The molecule has 0 unspecified atom stereocenters. The molecule has 0 aliphatic heterocycles. The van der Waals surface area contributed by atoms with Gasteiger partial charge in [-0.15, -0.1) is 0 Å². The fourth-order valence-electron chi connectivity index (χ4n) is 2.68. The monoisotopic (exact) mass is 325 g/mol. The fraction of sp³-hybridized carbons (Fsp3) is 0.562. The molecule has 23 heavy (non-hydrogen) atoms. The summed E-state index contributed by atoms with van der Waals surface area (Å²) >= 11 is 0. The summed E-state index contributed by atoms with van der Waals surface area (Å²) in [6.45, 7) is -0.0304. The van der Waals surface area contributed by atoms with Gasteiger partial charge in [0.1, 0.15) is 17.6 Å². The smallest absolute Gasteiger partial charge is 0.223 e. The van der Waals surface area contributed by atoms with E-state index >= 15 is 0 Å².